The summed E-state index contributed by atoms with van der Waals surface area (Å²) in [5.41, 5.74) is 5.26. The number of carbonyl (C=O) groups excluding carboxylic acids is 1. The van der Waals surface area contributed by atoms with Gasteiger partial charge in [-0.05, 0) is 54.8 Å². The highest BCUT2D eigenvalue weighted by atomic mass is 32.2. The lowest BCUT2D eigenvalue weighted by molar-refractivity contribution is -0.113. The molecule has 0 spiro atoms. The summed E-state index contributed by atoms with van der Waals surface area (Å²) in [4.78, 5) is 12.6. The fourth-order valence-corrected chi connectivity index (χ4v) is 4.21. The number of aryl methyl sites for hydroxylation is 2. The van der Waals surface area contributed by atoms with Gasteiger partial charge >= 0.3 is 0 Å². The van der Waals surface area contributed by atoms with E-state index >= 15 is 0 Å². The number of anilines is 1. The van der Waals surface area contributed by atoms with Crippen molar-refractivity contribution in [2.45, 2.75) is 25.4 Å². The second kappa shape index (κ2) is 10.4. The predicted molar refractivity (Wildman–Crippen MR) is 132 cm³/mol. The molecule has 33 heavy (non-hydrogen) atoms. The standard InChI is InChI=1S/C26H26N4O2S/c1-18-12-13-22(14-19(18)2)30-24(15-20-8-5-4-6-9-20)28-29-26(30)33-17-25(31)27-21-10-7-11-23(16-21)32-3/h4-14,16H,15,17H2,1-3H3,(H,27,31). The van der Waals surface area contributed by atoms with Crippen LogP contribution in [0.4, 0.5) is 5.69 Å². The summed E-state index contributed by atoms with van der Waals surface area (Å²) in [6, 6.07) is 23.8. The van der Waals surface area contributed by atoms with Crippen LogP contribution in [0.25, 0.3) is 5.69 Å². The van der Waals surface area contributed by atoms with Gasteiger partial charge < -0.3 is 10.1 Å². The fraction of sp³-hybridized carbons (Fsp3) is 0.192. The minimum absolute atomic E-state index is 0.118. The number of hydrogen-bond acceptors (Lipinski definition) is 5. The molecule has 4 rings (SSSR count). The molecule has 6 nitrogen and oxygen atoms in total. The molecule has 0 atom stereocenters. The van der Waals surface area contributed by atoms with Gasteiger partial charge in [-0.15, -0.1) is 10.2 Å². The largest absolute Gasteiger partial charge is 0.497 e. The highest BCUT2D eigenvalue weighted by molar-refractivity contribution is 7.99. The number of methoxy groups -OCH3 is 1. The van der Waals surface area contributed by atoms with Crippen molar-refractivity contribution < 1.29 is 9.53 Å². The average molecular weight is 459 g/mol. The van der Waals surface area contributed by atoms with Crippen LogP contribution < -0.4 is 10.1 Å². The van der Waals surface area contributed by atoms with E-state index in [0.717, 1.165) is 17.1 Å². The second-order valence-electron chi connectivity index (χ2n) is 7.73. The van der Waals surface area contributed by atoms with Crippen LogP contribution in [0.5, 0.6) is 5.75 Å². The van der Waals surface area contributed by atoms with Gasteiger partial charge in [0.2, 0.25) is 5.91 Å². The third kappa shape index (κ3) is 5.62. The van der Waals surface area contributed by atoms with Crippen LogP contribution >= 0.6 is 11.8 Å². The van der Waals surface area contributed by atoms with Gasteiger partial charge in [-0.25, -0.2) is 0 Å². The number of nitrogens with zero attached hydrogens (tertiary/aromatic N) is 3. The Morgan fingerprint density at radius 3 is 2.55 bits per heavy atom. The van der Waals surface area contributed by atoms with Crippen molar-refractivity contribution in [2.75, 3.05) is 18.2 Å². The number of aromatic nitrogens is 3. The first-order chi connectivity index (χ1) is 16.0. The van der Waals surface area contributed by atoms with Crippen LogP contribution in [0.1, 0.15) is 22.5 Å². The normalized spacial score (nSPS) is 10.8. The summed E-state index contributed by atoms with van der Waals surface area (Å²) in [6.07, 6.45) is 0.650. The molecule has 4 aromatic rings. The maximum absolute atomic E-state index is 12.6. The second-order valence-corrected chi connectivity index (χ2v) is 8.68. The van der Waals surface area contributed by atoms with Gasteiger partial charge in [0.1, 0.15) is 11.6 Å². The van der Waals surface area contributed by atoms with Crippen molar-refractivity contribution in [2.24, 2.45) is 0 Å². The molecule has 1 amide bonds. The molecule has 0 unspecified atom stereocenters. The van der Waals surface area contributed by atoms with Gasteiger partial charge in [0.05, 0.1) is 12.9 Å². The molecular formula is C26H26N4O2S. The Balaban J connectivity index is 1.56. The van der Waals surface area contributed by atoms with Gasteiger partial charge in [-0.1, -0.05) is 54.2 Å². The molecular weight excluding hydrogens is 432 g/mol. The Morgan fingerprint density at radius 1 is 0.970 bits per heavy atom. The van der Waals surface area contributed by atoms with E-state index in [2.05, 4.69) is 59.7 Å². The monoisotopic (exact) mass is 458 g/mol. The summed E-state index contributed by atoms with van der Waals surface area (Å²) < 4.78 is 7.27. The van der Waals surface area contributed by atoms with Gasteiger partial charge in [0, 0.05) is 23.9 Å². The maximum atomic E-state index is 12.6. The third-order valence-electron chi connectivity index (χ3n) is 5.34. The Bertz CT molecular complexity index is 1250. The Kier molecular flexibility index (Phi) is 7.10. The molecule has 0 saturated carbocycles. The number of rotatable bonds is 8. The minimum atomic E-state index is -0.118. The van der Waals surface area contributed by atoms with Crippen LogP contribution in [0.2, 0.25) is 0 Å². The van der Waals surface area contributed by atoms with Crippen molar-refractivity contribution in [3.63, 3.8) is 0 Å². The number of amides is 1. The van der Waals surface area contributed by atoms with Crippen LogP contribution in [-0.4, -0.2) is 33.5 Å². The Labute approximate surface area is 198 Å². The van der Waals surface area contributed by atoms with Crippen molar-refractivity contribution >= 4 is 23.4 Å². The molecule has 1 heterocycles. The topological polar surface area (TPSA) is 69.0 Å². The molecule has 0 bridgehead atoms. The summed E-state index contributed by atoms with van der Waals surface area (Å²) >= 11 is 1.37. The zero-order chi connectivity index (χ0) is 23.2. The van der Waals surface area contributed by atoms with E-state index in [1.807, 2.05) is 41.0 Å². The average Bonchev–Trinajstić information content (AvgIpc) is 3.22. The lowest BCUT2D eigenvalue weighted by Crippen LogP contribution is -2.14. The van der Waals surface area contributed by atoms with Crippen LogP contribution in [0.3, 0.4) is 0 Å². The SMILES string of the molecule is COc1cccc(NC(=O)CSc2nnc(Cc3ccccc3)n2-c2ccc(C)c(C)c2)c1. The molecule has 168 valence electrons. The number of benzene rings is 3. The van der Waals surface area contributed by atoms with E-state index in [9.17, 15) is 4.79 Å². The van der Waals surface area contributed by atoms with Crippen molar-refractivity contribution in [3.05, 3.63) is 95.3 Å². The zero-order valence-electron chi connectivity index (χ0n) is 18.9. The summed E-state index contributed by atoms with van der Waals surface area (Å²) in [5, 5.41) is 12.5. The van der Waals surface area contributed by atoms with Gasteiger partial charge in [0.15, 0.2) is 5.16 Å². The molecule has 0 aliphatic heterocycles. The Hall–Kier alpha value is -3.58. The first-order valence-corrected chi connectivity index (χ1v) is 11.6. The predicted octanol–water partition coefficient (Wildman–Crippen LogP) is 5.21. The van der Waals surface area contributed by atoms with E-state index in [-0.39, 0.29) is 11.7 Å². The van der Waals surface area contributed by atoms with Crippen LogP contribution in [0, 0.1) is 13.8 Å². The molecule has 3 aromatic carbocycles. The van der Waals surface area contributed by atoms with Crippen LogP contribution in [-0.2, 0) is 11.2 Å². The summed E-state index contributed by atoms with van der Waals surface area (Å²) in [6.45, 7) is 4.18. The fourth-order valence-electron chi connectivity index (χ4n) is 3.44. The number of carbonyl (C=O) groups is 1. The van der Waals surface area contributed by atoms with E-state index in [1.54, 1.807) is 13.2 Å². The van der Waals surface area contributed by atoms with E-state index in [0.29, 0.717) is 23.0 Å². The molecule has 0 radical (unpaired) electrons. The maximum Gasteiger partial charge on any atom is 0.234 e. The summed E-state index contributed by atoms with van der Waals surface area (Å²) in [7, 11) is 1.60. The third-order valence-corrected chi connectivity index (χ3v) is 6.27. The van der Waals surface area contributed by atoms with Crippen molar-refractivity contribution in [1.82, 2.24) is 14.8 Å². The highest BCUT2D eigenvalue weighted by Gasteiger charge is 2.17. The van der Waals surface area contributed by atoms with E-state index in [1.165, 1.54) is 22.9 Å². The number of nitrogens with one attached hydrogen (secondary N) is 1. The van der Waals surface area contributed by atoms with E-state index < -0.39 is 0 Å². The smallest absolute Gasteiger partial charge is 0.234 e. The number of ether oxygens (including phenoxy) is 1. The molecule has 0 aliphatic rings. The first kappa shape index (κ1) is 22.6. The lowest BCUT2D eigenvalue weighted by atomic mass is 10.1. The van der Waals surface area contributed by atoms with Crippen LogP contribution in [0.15, 0.2) is 78.0 Å². The molecule has 0 fully saturated rings. The lowest BCUT2D eigenvalue weighted by Gasteiger charge is -2.12. The quantitative estimate of drug-likeness (QED) is 0.367. The number of thioether (sulfide) groups is 1. The Morgan fingerprint density at radius 2 is 1.79 bits per heavy atom. The number of hydrogen-bond donors (Lipinski definition) is 1. The summed E-state index contributed by atoms with van der Waals surface area (Å²) in [5.74, 6) is 1.62. The zero-order valence-corrected chi connectivity index (χ0v) is 19.7. The first-order valence-electron chi connectivity index (χ1n) is 10.7. The molecule has 0 saturated heterocycles. The molecule has 7 heteroatoms. The van der Waals surface area contributed by atoms with Gasteiger partial charge in [-0.2, -0.15) is 0 Å². The minimum Gasteiger partial charge on any atom is -0.497 e. The molecule has 0 aliphatic carbocycles. The van der Waals surface area contributed by atoms with E-state index in [4.69, 9.17) is 4.74 Å². The van der Waals surface area contributed by atoms with Crippen molar-refractivity contribution in [1.29, 1.82) is 0 Å². The van der Waals surface area contributed by atoms with Gasteiger partial charge in [-0.3, -0.25) is 9.36 Å². The molecule has 1 N–H and O–H groups in total. The molecule has 1 aromatic heterocycles. The van der Waals surface area contributed by atoms with Crippen molar-refractivity contribution in [3.8, 4) is 11.4 Å². The van der Waals surface area contributed by atoms with Gasteiger partial charge in [0.25, 0.3) is 0 Å². The highest BCUT2D eigenvalue weighted by Crippen LogP contribution is 2.25.